The molecule has 40 heavy (non-hydrogen) atoms. The first-order valence-electron chi connectivity index (χ1n) is 13.1. The lowest BCUT2D eigenvalue weighted by molar-refractivity contribution is -0.0166. The van der Waals surface area contributed by atoms with Crippen molar-refractivity contribution in [2.45, 2.75) is 57.1 Å². The molecule has 0 radical (unpaired) electrons. The van der Waals surface area contributed by atoms with Gasteiger partial charge in [-0.05, 0) is 39.0 Å². The average molecular weight is 598 g/mol. The number of halogens is 2. The van der Waals surface area contributed by atoms with Gasteiger partial charge >= 0.3 is 12.1 Å². The van der Waals surface area contributed by atoms with E-state index in [0.29, 0.717) is 49.2 Å². The lowest BCUT2D eigenvalue weighted by Crippen LogP contribution is -2.73. The zero-order valence-corrected chi connectivity index (χ0v) is 24.6. The molecule has 1 aromatic heterocycles. The number of carbonyl (C=O) groups excluding carboxylic acids is 2. The van der Waals surface area contributed by atoms with Gasteiger partial charge in [-0.1, -0.05) is 11.6 Å². The predicted octanol–water partition coefficient (Wildman–Crippen LogP) is 3.87. The van der Waals surface area contributed by atoms with Gasteiger partial charge in [-0.15, -0.1) is 0 Å². The maximum absolute atomic E-state index is 14.0. The number of sulfonamides is 1. The highest BCUT2D eigenvalue weighted by molar-refractivity contribution is 7.90. The maximum atomic E-state index is 14.0. The van der Waals surface area contributed by atoms with Crippen LogP contribution in [-0.2, 0) is 26.0 Å². The first-order valence-corrected chi connectivity index (χ1v) is 15.0. The van der Waals surface area contributed by atoms with E-state index in [2.05, 4.69) is 14.4 Å². The van der Waals surface area contributed by atoms with Crippen molar-refractivity contribution in [2.75, 3.05) is 33.3 Å². The summed E-state index contributed by atoms with van der Waals surface area (Å²) in [4.78, 5) is 29.9. The van der Waals surface area contributed by atoms with Crippen LogP contribution in [0.2, 0.25) is 5.02 Å². The highest BCUT2D eigenvalue weighted by Gasteiger charge is 2.51. The van der Waals surface area contributed by atoms with Crippen molar-refractivity contribution in [1.82, 2.24) is 19.1 Å². The number of aromatic nitrogens is 1. The van der Waals surface area contributed by atoms with Crippen LogP contribution < -0.4 is 9.21 Å². The molecular weight excluding hydrogens is 563 g/mol. The van der Waals surface area contributed by atoms with Gasteiger partial charge in [0, 0.05) is 31.2 Å². The molecule has 218 valence electrons. The molecule has 3 heterocycles. The lowest BCUT2D eigenvalue weighted by Gasteiger charge is -2.54. The molecule has 1 amide bonds. The van der Waals surface area contributed by atoms with Gasteiger partial charge in [0.2, 0.25) is 10.0 Å². The summed E-state index contributed by atoms with van der Waals surface area (Å²) >= 11 is 6.14. The van der Waals surface area contributed by atoms with Gasteiger partial charge in [-0.3, -0.25) is 14.4 Å². The molecule has 2 fully saturated rings. The minimum absolute atomic E-state index is 0.000418. The van der Waals surface area contributed by atoms with E-state index in [1.807, 2.05) is 20.8 Å². The number of benzene rings is 1. The summed E-state index contributed by atoms with van der Waals surface area (Å²) in [5.41, 5.74) is 0.920. The summed E-state index contributed by atoms with van der Waals surface area (Å²) in [7, 11) is -2.41. The number of nitrogens with zero attached hydrogens (tertiary/aromatic N) is 3. The molecule has 0 aliphatic carbocycles. The summed E-state index contributed by atoms with van der Waals surface area (Å²) < 4.78 is 53.6. The number of nitrogens with one attached hydrogen (secondary N) is 1. The summed E-state index contributed by atoms with van der Waals surface area (Å²) in [6, 6.07) is 7.70. The van der Waals surface area contributed by atoms with E-state index in [1.165, 1.54) is 25.4 Å². The Kier molecular flexibility index (Phi) is 8.74. The van der Waals surface area contributed by atoms with Gasteiger partial charge in [-0.25, -0.2) is 27.1 Å². The highest BCUT2D eigenvalue weighted by Crippen LogP contribution is 2.38. The van der Waals surface area contributed by atoms with Crippen LogP contribution in [0.15, 0.2) is 36.5 Å². The van der Waals surface area contributed by atoms with E-state index in [4.69, 9.17) is 16.3 Å². The Balaban J connectivity index is 1.45. The van der Waals surface area contributed by atoms with Crippen LogP contribution in [0.1, 0.15) is 49.7 Å². The van der Waals surface area contributed by atoms with E-state index >= 15 is 0 Å². The second kappa shape index (κ2) is 11.6. The molecule has 2 aliphatic heterocycles. The van der Waals surface area contributed by atoms with Gasteiger partial charge in [0.25, 0.3) is 0 Å². The first-order chi connectivity index (χ1) is 18.7. The number of hydrogen-bond acceptors (Lipinski definition) is 7. The molecular formula is C27H35ClFN4O6S+. The lowest BCUT2D eigenvalue weighted by atomic mass is 9.96. The predicted molar refractivity (Wildman–Crippen MR) is 149 cm³/mol. The second-order valence-corrected chi connectivity index (χ2v) is 13.7. The van der Waals surface area contributed by atoms with Crippen LogP contribution >= 0.6 is 11.6 Å². The van der Waals surface area contributed by atoms with Crippen molar-refractivity contribution in [3.8, 4) is 0 Å². The molecule has 4 rings (SSSR count). The fraction of sp³-hybridized carbons (Fsp3) is 0.519. The standard InChI is InChI=1S/C27H35ClFN4O6S/c1-27(2,3)39-26(35)32-16-21(17-32)33(20-7-8-24(29)23(28)13-20)11-9-22(10-12-33)40(36,37)31-15-19-6-5-18(14-30-19)25(34)38-4/h5-8,13-14,21-22,31H,9-12,15-17H2,1-4H3/q+1. The molecule has 0 unspecified atom stereocenters. The number of carbonyl (C=O) groups is 2. The minimum Gasteiger partial charge on any atom is -0.465 e. The van der Waals surface area contributed by atoms with Crippen LogP contribution in [0.4, 0.5) is 14.9 Å². The molecule has 0 bridgehead atoms. The van der Waals surface area contributed by atoms with E-state index < -0.39 is 38.8 Å². The number of hydrogen-bond donors (Lipinski definition) is 1. The molecule has 2 saturated heterocycles. The molecule has 2 aromatic rings. The van der Waals surface area contributed by atoms with Crippen LogP contribution in [0, 0.1) is 5.82 Å². The number of esters is 1. The molecule has 13 heteroatoms. The summed E-state index contributed by atoms with van der Waals surface area (Å²) in [6.45, 7) is 7.25. The number of quaternary nitrogens is 1. The number of rotatable bonds is 7. The minimum atomic E-state index is -3.68. The fourth-order valence-electron chi connectivity index (χ4n) is 5.21. The summed E-state index contributed by atoms with van der Waals surface area (Å²) in [5.74, 6) is -1.05. The van der Waals surface area contributed by atoms with Crippen molar-refractivity contribution >= 4 is 39.4 Å². The smallest absolute Gasteiger partial charge is 0.410 e. The molecule has 0 atom stereocenters. The van der Waals surface area contributed by atoms with Crippen molar-refractivity contribution in [1.29, 1.82) is 0 Å². The van der Waals surface area contributed by atoms with Crippen molar-refractivity contribution in [3.05, 3.63) is 58.6 Å². The number of amides is 1. The zero-order valence-electron chi connectivity index (χ0n) is 23.0. The third-order valence-corrected chi connectivity index (χ3v) is 9.66. The van der Waals surface area contributed by atoms with Gasteiger partial charge in [0.05, 0.1) is 61.4 Å². The van der Waals surface area contributed by atoms with Gasteiger partial charge in [-0.2, -0.15) is 0 Å². The van der Waals surface area contributed by atoms with Crippen molar-refractivity contribution in [2.24, 2.45) is 0 Å². The molecule has 1 N–H and O–H groups in total. The fourth-order valence-corrected chi connectivity index (χ4v) is 6.81. The molecule has 1 aromatic carbocycles. The quantitative estimate of drug-likeness (QED) is 0.381. The Labute approximate surface area is 239 Å². The van der Waals surface area contributed by atoms with Gasteiger partial charge in [0.1, 0.15) is 23.1 Å². The van der Waals surface area contributed by atoms with Crippen LogP contribution in [0.5, 0.6) is 0 Å². The third-order valence-electron chi connectivity index (χ3n) is 7.47. The first kappa shape index (κ1) is 30.2. The maximum Gasteiger partial charge on any atom is 0.410 e. The van der Waals surface area contributed by atoms with Crippen LogP contribution in [0.3, 0.4) is 0 Å². The van der Waals surface area contributed by atoms with Crippen molar-refractivity contribution < 1.29 is 31.9 Å². The molecule has 10 nitrogen and oxygen atoms in total. The molecule has 2 aliphatic rings. The van der Waals surface area contributed by atoms with E-state index in [0.717, 1.165) is 5.69 Å². The highest BCUT2D eigenvalue weighted by atomic mass is 35.5. The Morgan fingerprint density at radius 2 is 1.85 bits per heavy atom. The summed E-state index contributed by atoms with van der Waals surface area (Å²) in [5, 5.41) is -0.633. The van der Waals surface area contributed by atoms with Gasteiger partial charge in [0.15, 0.2) is 0 Å². The van der Waals surface area contributed by atoms with E-state index in [9.17, 15) is 22.4 Å². The van der Waals surface area contributed by atoms with E-state index in [1.54, 1.807) is 23.1 Å². The Hall–Kier alpha value is -2.80. The molecule has 0 saturated carbocycles. The van der Waals surface area contributed by atoms with Crippen LogP contribution in [0.25, 0.3) is 0 Å². The SMILES string of the molecule is COC(=O)c1ccc(CNS(=O)(=O)C2CC[N+](c3ccc(F)c(Cl)c3)(C3CN(C(=O)OC(C)(C)C)C3)CC2)nc1. The van der Waals surface area contributed by atoms with E-state index in [-0.39, 0.29) is 23.2 Å². The topological polar surface area (TPSA) is 115 Å². The largest absolute Gasteiger partial charge is 0.465 e. The number of piperidine rings is 1. The van der Waals surface area contributed by atoms with Crippen molar-refractivity contribution in [3.63, 3.8) is 0 Å². The monoisotopic (exact) mass is 597 g/mol. The zero-order chi connectivity index (χ0) is 29.3. The second-order valence-electron chi connectivity index (χ2n) is 11.2. The number of methoxy groups -OCH3 is 1. The third kappa shape index (κ3) is 6.56. The Morgan fingerprint density at radius 3 is 2.40 bits per heavy atom. The molecule has 0 spiro atoms. The Bertz CT molecular complexity index is 1350. The number of likely N-dealkylation sites (tertiary alicyclic amines) is 2. The average Bonchev–Trinajstić information content (AvgIpc) is 2.87. The number of ether oxygens (including phenoxy) is 2. The summed E-state index contributed by atoms with van der Waals surface area (Å²) in [6.07, 6.45) is 1.67. The normalized spacial score (nSPS) is 21.9. The van der Waals surface area contributed by atoms with Crippen LogP contribution in [-0.4, -0.2) is 80.5 Å². The number of pyridine rings is 1. The van der Waals surface area contributed by atoms with Gasteiger partial charge < -0.3 is 9.47 Å². The Morgan fingerprint density at radius 1 is 1.18 bits per heavy atom.